The number of rotatable bonds is 2. The molecule has 1 aromatic carbocycles. The number of pyridine rings is 2. The van der Waals surface area contributed by atoms with Crippen molar-refractivity contribution in [3.8, 4) is 11.4 Å². The topological polar surface area (TPSA) is 81.4 Å². The Hall–Kier alpha value is -2.91. The normalized spacial score (nSPS) is 19.7. The van der Waals surface area contributed by atoms with Gasteiger partial charge in [-0.2, -0.15) is 0 Å². The van der Waals surface area contributed by atoms with Crippen LogP contribution in [0.25, 0.3) is 22.3 Å². The molecule has 33 heavy (non-hydrogen) atoms. The smallest absolute Gasteiger partial charge is 0.309 e. The number of aromatic nitrogens is 2. The lowest BCUT2D eigenvalue weighted by Crippen LogP contribution is -2.41. The fourth-order valence-electron chi connectivity index (χ4n) is 5.13. The maximum atomic E-state index is 14.2. The van der Waals surface area contributed by atoms with Crippen LogP contribution in [0.1, 0.15) is 36.5 Å². The molecule has 0 amide bonds. The van der Waals surface area contributed by atoms with E-state index in [4.69, 9.17) is 4.74 Å². The summed E-state index contributed by atoms with van der Waals surface area (Å²) < 4.78 is 35.1. The Kier molecular flexibility index (Phi) is 4.67. The zero-order valence-corrected chi connectivity index (χ0v) is 19.9. The molecule has 0 radical (unpaired) electrons. The third-order valence-electron chi connectivity index (χ3n) is 6.74. The minimum Gasteiger partial charge on any atom is -0.460 e. The zero-order valence-electron chi connectivity index (χ0n) is 18.9. The van der Waals surface area contributed by atoms with Gasteiger partial charge in [0.1, 0.15) is 12.2 Å². The van der Waals surface area contributed by atoms with Crippen molar-refractivity contribution < 1.29 is 23.4 Å². The summed E-state index contributed by atoms with van der Waals surface area (Å²) in [5.74, 6) is -2.48. The number of benzene rings is 1. The average molecular weight is 471 g/mol. The predicted octanol–water partition coefficient (Wildman–Crippen LogP) is 3.29. The van der Waals surface area contributed by atoms with Gasteiger partial charge in [-0.05, 0) is 34.9 Å². The van der Waals surface area contributed by atoms with E-state index >= 15 is 0 Å². The molecule has 2 aliphatic heterocycles. The van der Waals surface area contributed by atoms with Crippen LogP contribution in [0.15, 0.2) is 23.0 Å². The van der Waals surface area contributed by atoms with Crippen LogP contribution < -0.4 is 10.7 Å². The average Bonchev–Trinajstić information content (AvgIpc) is 3.02. The lowest BCUT2D eigenvalue weighted by molar-refractivity contribution is -0.149. The van der Waals surface area contributed by atoms with Gasteiger partial charge in [0.05, 0.1) is 43.5 Å². The number of nitrogens with zero attached hydrogens (tertiary/aromatic N) is 2. The van der Waals surface area contributed by atoms with Crippen molar-refractivity contribution in [1.29, 1.82) is 0 Å². The lowest BCUT2D eigenvalue weighted by Gasteiger charge is -2.26. The summed E-state index contributed by atoms with van der Waals surface area (Å²) in [6.07, 6.45) is -0.0251. The van der Waals surface area contributed by atoms with Crippen LogP contribution in [0, 0.1) is 11.6 Å². The molecule has 2 aliphatic rings. The molecule has 0 spiro atoms. The van der Waals surface area contributed by atoms with Crippen molar-refractivity contribution in [1.82, 2.24) is 9.55 Å². The second-order valence-electron chi connectivity index (χ2n) is 9.88. The van der Waals surface area contributed by atoms with Crippen molar-refractivity contribution >= 4 is 30.1 Å². The van der Waals surface area contributed by atoms with Gasteiger partial charge >= 0.3 is 5.97 Å². The molecule has 0 bridgehead atoms. The van der Waals surface area contributed by atoms with E-state index in [0.29, 0.717) is 27.9 Å². The Bertz CT molecular complexity index is 1430. The number of hydrogen-bond acceptors (Lipinski definition) is 5. The summed E-state index contributed by atoms with van der Waals surface area (Å²) in [4.78, 5) is 30.3. The maximum absolute atomic E-state index is 14.2. The number of carbonyl (C=O) groups excluding carboxylic acids is 1. The molecule has 172 valence electrons. The van der Waals surface area contributed by atoms with Crippen LogP contribution in [-0.4, -0.2) is 28.7 Å². The van der Waals surface area contributed by atoms with Crippen LogP contribution in [0.5, 0.6) is 0 Å². The van der Waals surface area contributed by atoms with Crippen molar-refractivity contribution in [3.63, 3.8) is 0 Å². The fraction of sp³-hybridized carbons (Fsp3) is 0.375. The minimum absolute atomic E-state index is 0.210. The highest BCUT2D eigenvalue weighted by Crippen LogP contribution is 2.39. The van der Waals surface area contributed by atoms with Crippen molar-refractivity contribution in [2.45, 2.75) is 58.2 Å². The number of cyclic esters (lactones) is 1. The van der Waals surface area contributed by atoms with Gasteiger partial charge in [0.25, 0.3) is 5.56 Å². The van der Waals surface area contributed by atoms with Crippen LogP contribution in [0.2, 0.25) is 19.6 Å². The highest BCUT2D eigenvalue weighted by Gasteiger charge is 2.40. The van der Waals surface area contributed by atoms with E-state index in [1.807, 2.05) is 0 Å². The summed E-state index contributed by atoms with van der Waals surface area (Å²) in [6.45, 7) is 8.10. The molecule has 0 saturated carbocycles. The lowest BCUT2D eigenvalue weighted by atomic mass is 9.85. The Morgan fingerprint density at radius 1 is 1.15 bits per heavy atom. The minimum atomic E-state index is -2.10. The van der Waals surface area contributed by atoms with E-state index in [1.165, 1.54) is 6.07 Å². The van der Waals surface area contributed by atoms with E-state index in [2.05, 4.69) is 24.6 Å². The monoisotopic (exact) mass is 470 g/mol. The van der Waals surface area contributed by atoms with Crippen molar-refractivity contribution in [2.24, 2.45) is 0 Å². The quantitative estimate of drug-likeness (QED) is 0.359. The van der Waals surface area contributed by atoms with Gasteiger partial charge in [-0.1, -0.05) is 26.6 Å². The van der Waals surface area contributed by atoms with Gasteiger partial charge in [0, 0.05) is 11.5 Å². The Morgan fingerprint density at radius 2 is 1.85 bits per heavy atom. The van der Waals surface area contributed by atoms with Gasteiger partial charge < -0.3 is 14.4 Å². The van der Waals surface area contributed by atoms with Gasteiger partial charge in [-0.15, -0.1) is 0 Å². The maximum Gasteiger partial charge on any atom is 0.309 e. The first kappa shape index (κ1) is 21.9. The van der Waals surface area contributed by atoms with Crippen LogP contribution in [0.3, 0.4) is 0 Å². The van der Waals surface area contributed by atoms with E-state index in [9.17, 15) is 23.5 Å². The molecule has 2 aromatic heterocycles. The summed E-state index contributed by atoms with van der Waals surface area (Å²) in [5, 5.41) is 12.7. The molecule has 3 aromatic rings. The summed E-state index contributed by atoms with van der Waals surface area (Å²) in [7, 11) is -2.10. The number of ether oxygens (including phenoxy) is 1. The molecule has 4 heterocycles. The molecule has 0 saturated heterocycles. The first-order valence-corrected chi connectivity index (χ1v) is 14.4. The molecule has 6 nitrogen and oxygen atoms in total. The second-order valence-corrected chi connectivity index (χ2v) is 14.9. The second kappa shape index (κ2) is 7.04. The summed E-state index contributed by atoms with van der Waals surface area (Å²) in [6, 6.07) is 4.00. The third kappa shape index (κ3) is 3.17. The third-order valence-corrected chi connectivity index (χ3v) is 8.81. The molecule has 0 aliphatic carbocycles. The van der Waals surface area contributed by atoms with Crippen LogP contribution >= 0.6 is 0 Å². The van der Waals surface area contributed by atoms with Crippen molar-refractivity contribution in [3.05, 3.63) is 56.9 Å². The molecule has 5 rings (SSSR count). The molecule has 1 N–H and O–H groups in total. The number of aliphatic hydroxyl groups is 1. The van der Waals surface area contributed by atoms with Gasteiger partial charge in [0.2, 0.25) is 0 Å². The Morgan fingerprint density at radius 3 is 2.52 bits per heavy atom. The van der Waals surface area contributed by atoms with Gasteiger partial charge in [0.15, 0.2) is 11.6 Å². The number of halogens is 2. The zero-order chi connectivity index (χ0) is 23.9. The number of carbonyl (C=O) groups is 1. The number of fused-ring (bicyclic) bond motifs is 5. The van der Waals surface area contributed by atoms with E-state index in [-0.39, 0.29) is 37.1 Å². The van der Waals surface area contributed by atoms with Gasteiger partial charge in [-0.3, -0.25) is 9.59 Å². The molecule has 1 atom stereocenters. The van der Waals surface area contributed by atoms with Gasteiger partial charge in [-0.25, -0.2) is 13.8 Å². The Balaban J connectivity index is 1.86. The molecule has 0 fully saturated rings. The SMILES string of the molecule is CC[C@@]1(O)CC(=O)OCc2c1cc1n(c2=O)Cc2c-1nc1cc(F)c(F)cc1c2[Si](C)(C)C. The van der Waals surface area contributed by atoms with Crippen molar-refractivity contribution in [2.75, 3.05) is 0 Å². The standard InChI is InChI=1S/C24H24F2N2O4Si/c1-5-24(31)9-20(29)32-11-14-15(24)7-19-21-13(10-28(19)23(14)30)22(33(2,3)4)12-6-16(25)17(26)8-18(12)27-21/h6-8,31H,5,9-11H2,1-4H3/t24-/m1/s1. The summed E-state index contributed by atoms with van der Waals surface area (Å²) in [5.41, 5.74) is 0.896. The largest absolute Gasteiger partial charge is 0.460 e. The molecular formula is C24H24F2N2O4Si. The molecule has 0 unspecified atom stereocenters. The van der Waals surface area contributed by atoms with Crippen LogP contribution in [0.4, 0.5) is 8.78 Å². The molecular weight excluding hydrogens is 446 g/mol. The highest BCUT2D eigenvalue weighted by atomic mass is 28.3. The predicted molar refractivity (Wildman–Crippen MR) is 122 cm³/mol. The van der Waals surface area contributed by atoms with E-state index < -0.39 is 31.3 Å². The van der Waals surface area contributed by atoms with E-state index in [0.717, 1.165) is 16.8 Å². The first-order chi connectivity index (χ1) is 15.4. The highest BCUT2D eigenvalue weighted by molar-refractivity contribution is 6.90. The Labute approximate surface area is 189 Å². The molecule has 9 heteroatoms. The fourth-order valence-corrected chi connectivity index (χ4v) is 7.24. The van der Waals surface area contributed by atoms with Crippen LogP contribution in [-0.2, 0) is 28.3 Å². The number of hydrogen-bond donors (Lipinski definition) is 1. The first-order valence-electron chi connectivity index (χ1n) is 10.9. The van der Waals surface area contributed by atoms with E-state index in [1.54, 1.807) is 17.6 Å². The number of esters is 1. The summed E-state index contributed by atoms with van der Waals surface area (Å²) >= 11 is 0.